The number of ether oxygens (including phenoxy) is 3. The van der Waals surface area contributed by atoms with E-state index >= 15 is 0 Å². The van der Waals surface area contributed by atoms with Crippen molar-refractivity contribution in [1.29, 1.82) is 0 Å². The number of benzene rings is 1. The molecule has 21 heavy (non-hydrogen) atoms. The Balaban J connectivity index is 1.83. The van der Waals surface area contributed by atoms with E-state index in [0.29, 0.717) is 25.0 Å². The van der Waals surface area contributed by atoms with Crippen LogP contribution >= 0.6 is 23.4 Å². The lowest BCUT2D eigenvalue weighted by molar-refractivity contribution is 0.171. The first-order valence-electron chi connectivity index (χ1n) is 6.36. The van der Waals surface area contributed by atoms with Crippen molar-refractivity contribution in [3.05, 3.63) is 23.5 Å². The summed E-state index contributed by atoms with van der Waals surface area (Å²) in [7, 11) is 0. The van der Waals surface area contributed by atoms with Crippen LogP contribution in [0.2, 0.25) is 5.28 Å². The van der Waals surface area contributed by atoms with Crippen LogP contribution in [0.4, 0.5) is 0 Å². The summed E-state index contributed by atoms with van der Waals surface area (Å²) in [5, 5.41) is 0.573. The van der Waals surface area contributed by atoms with Crippen LogP contribution in [-0.4, -0.2) is 34.8 Å². The predicted molar refractivity (Wildman–Crippen MR) is 77.6 cm³/mol. The van der Waals surface area contributed by atoms with Crippen LogP contribution < -0.4 is 14.2 Å². The molecule has 1 aromatic carbocycles. The van der Waals surface area contributed by atoms with Gasteiger partial charge in [-0.3, -0.25) is 0 Å². The van der Waals surface area contributed by atoms with Crippen molar-refractivity contribution in [2.24, 2.45) is 0 Å². The number of aromatic nitrogens is 3. The van der Waals surface area contributed by atoms with Gasteiger partial charge < -0.3 is 14.2 Å². The second-order valence-electron chi connectivity index (χ2n) is 4.01. The molecule has 0 radical (unpaired) electrons. The van der Waals surface area contributed by atoms with E-state index in [1.165, 1.54) is 11.8 Å². The average Bonchev–Trinajstić information content (AvgIpc) is 2.47. The van der Waals surface area contributed by atoms with E-state index in [-0.39, 0.29) is 11.3 Å². The van der Waals surface area contributed by atoms with Crippen molar-refractivity contribution in [3.8, 4) is 17.5 Å². The van der Waals surface area contributed by atoms with Gasteiger partial charge in [-0.2, -0.15) is 15.0 Å². The molecule has 0 bridgehead atoms. The number of hydrogen-bond donors (Lipinski definition) is 0. The summed E-state index contributed by atoms with van der Waals surface area (Å²) < 4.78 is 16.3. The lowest BCUT2D eigenvalue weighted by Gasteiger charge is -2.18. The third kappa shape index (κ3) is 3.48. The number of fused-ring (bicyclic) bond motifs is 1. The Morgan fingerprint density at radius 2 is 2.00 bits per heavy atom. The van der Waals surface area contributed by atoms with Gasteiger partial charge in [-0.25, -0.2) is 0 Å². The minimum atomic E-state index is 0.105. The van der Waals surface area contributed by atoms with E-state index in [4.69, 9.17) is 25.8 Å². The first-order chi connectivity index (χ1) is 10.2. The van der Waals surface area contributed by atoms with Crippen LogP contribution in [0.3, 0.4) is 0 Å². The molecule has 0 aliphatic carbocycles. The lowest BCUT2D eigenvalue weighted by atomic mass is 10.3. The third-order valence-corrected chi connectivity index (χ3v) is 3.59. The molecule has 0 spiro atoms. The highest BCUT2D eigenvalue weighted by molar-refractivity contribution is 7.99. The summed E-state index contributed by atoms with van der Waals surface area (Å²) in [4.78, 5) is 13.1. The highest BCUT2D eigenvalue weighted by Gasteiger charge is 2.14. The van der Waals surface area contributed by atoms with Gasteiger partial charge >= 0.3 is 6.01 Å². The van der Waals surface area contributed by atoms with E-state index in [9.17, 15) is 0 Å². The van der Waals surface area contributed by atoms with Gasteiger partial charge in [0.1, 0.15) is 13.2 Å². The fourth-order valence-electron chi connectivity index (χ4n) is 1.75. The Bertz CT molecular complexity index is 657. The van der Waals surface area contributed by atoms with Gasteiger partial charge in [0.15, 0.2) is 16.7 Å². The highest BCUT2D eigenvalue weighted by Crippen LogP contribution is 2.36. The van der Waals surface area contributed by atoms with Gasteiger partial charge in [0.2, 0.25) is 5.28 Å². The zero-order chi connectivity index (χ0) is 14.7. The van der Waals surface area contributed by atoms with Gasteiger partial charge in [-0.1, -0.05) is 0 Å². The van der Waals surface area contributed by atoms with Crippen molar-refractivity contribution in [3.63, 3.8) is 0 Å². The van der Waals surface area contributed by atoms with Gasteiger partial charge in [-0.15, -0.1) is 0 Å². The lowest BCUT2D eigenvalue weighted by Crippen LogP contribution is -2.15. The Labute approximate surface area is 130 Å². The minimum Gasteiger partial charge on any atom is -0.486 e. The molecule has 2 heterocycles. The van der Waals surface area contributed by atoms with Gasteiger partial charge in [-0.05, 0) is 48.5 Å². The summed E-state index contributed by atoms with van der Waals surface area (Å²) in [6.07, 6.45) is 0. The maximum absolute atomic E-state index is 5.87. The maximum atomic E-state index is 5.87. The van der Waals surface area contributed by atoms with Crippen LogP contribution in [0.1, 0.15) is 6.92 Å². The maximum Gasteiger partial charge on any atom is 0.321 e. The van der Waals surface area contributed by atoms with Crippen molar-refractivity contribution in [2.75, 3.05) is 19.8 Å². The van der Waals surface area contributed by atoms with E-state index in [1.807, 2.05) is 25.1 Å². The standard InChI is InChI=1S/C13H12ClN3O3S/c1-2-18-12-15-11(14)16-13(17-12)21-8-3-4-9-10(7-8)20-6-5-19-9/h3-4,7H,2,5-6H2,1H3. The summed E-state index contributed by atoms with van der Waals surface area (Å²) in [6.45, 7) is 3.44. The normalized spacial score (nSPS) is 13.0. The van der Waals surface area contributed by atoms with Crippen LogP contribution in [0, 0.1) is 0 Å². The molecule has 0 unspecified atom stereocenters. The van der Waals surface area contributed by atoms with E-state index in [1.54, 1.807) is 0 Å². The number of nitrogens with zero attached hydrogens (tertiary/aromatic N) is 3. The summed E-state index contributed by atoms with van der Waals surface area (Å²) >= 11 is 7.22. The zero-order valence-electron chi connectivity index (χ0n) is 11.2. The molecule has 0 fully saturated rings. The van der Waals surface area contributed by atoms with Gasteiger partial charge in [0, 0.05) is 4.90 Å². The van der Waals surface area contributed by atoms with Gasteiger partial charge in [0.05, 0.1) is 6.61 Å². The van der Waals surface area contributed by atoms with E-state index in [0.717, 1.165) is 16.4 Å². The molecule has 8 heteroatoms. The Hall–Kier alpha value is -1.73. The zero-order valence-corrected chi connectivity index (χ0v) is 12.8. The SMILES string of the molecule is CCOc1nc(Cl)nc(Sc2ccc3c(c2)OCCO3)n1. The van der Waals surface area contributed by atoms with Crippen LogP contribution in [-0.2, 0) is 0 Å². The molecule has 0 atom stereocenters. The first-order valence-corrected chi connectivity index (χ1v) is 7.56. The van der Waals surface area contributed by atoms with Crippen LogP contribution in [0.25, 0.3) is 0 Å². The Morgan fingerprint density at radius 3 is 2.81 bits per heavy atom. The molecular weight excluding hydrogens is 314 g/mol. The van der Waals surface area contributed by atoms with Gasteiger partial charge in [0.25, 0.3) is 0 Å². The van der Waals surface area contributed by atoms with Crippen molar-refractivity contribution in [1.82, 2.24) is 15.0 Å². The molecule has 2 aromatic rings. The first kappa shape index (κ1) is 14.2. The monoisotopic (exact) mass is 325 g/mol. The molecule has 1 aromatic heterocycles. The fourth-order valence-corrected chi connectivity index (χ4v) is 2.72. The number of hydrogen-bond acceptors (Lipinski definition) is 7. The molecule has 0 saturated carbocycles. The number of halogens is 1. The minimum absolute atomic E-state index is 0.105. The van der Waals surface area contributed by atoms with Crippen molar-refractivity contribution in [2.45, 2.75) is 17.0 Å². The summed E-state index contributed by atoms with van der Waals surface area (Å²) in [5.74, 6) is 1.46. The van der Waals surface area contributed by atoms with Crippen LogP contribution in [0.5, 0.6) is 17.5 Å². The molecule has 0 amide bonds. The molecule has 0 saturated heterocycles. The smallest absolute Gasteiger partial charge is 0.321 e. The molecular formula is C13H12ClN3O3S. The third-order valence-electron chi connectivity index (χ3n) is 2.56. The molecule has 0 N–H and O–H groups in total. The van der Waals surface area contributed by atoms with Crippen LogP contribution in [0.15, 0.2) is 28.3 Å². The predicted octanol–water partition coefficient (Wildman–Crippen LogP) is 2.85. The molecule has 1 aliphatic heterocycles. The quantitative estimate of drug-likeness (QED) is 0.856. The van der Waals surface area contributed by atoms with E-state index < -0.39 is 0 Å². The number of rotatable bonds is 4. The van der Waals surface area contributed by atoms with Crippen molar-refractivity contribution < 1.29 is 14.2 Å². The largest absolute Gasteiger partial charge is 0.486 e. The topological polar surface area (TPSA) is 66.4 Å². The second kappa shape index (κ2) is 6.36. The van der Waals surface area contributed by atoms with Crippen molar-refractivity contribution >= 4 is 23.4 Å². The van der Waals surface area contributed by atoms with E-state index in [2.05, 4.69) is 15.0 Å². The Morgan fingerprint density at radius 1 is 1.19 bits per heavy atom. The summed E-state index contributed by atoms with van der Waals surface area (Å²) in [5.41, 5.74) is 0. The molecule has 110 valence electrons. The fraction of sp³-hybridized carbons (Fsp3) is 0.308. The second-order valence-corrected chi connectivity index (χ2v) is 5.39. The average molecular weight is 326 g/mol. The molecule has 1 aliphatic rings. The molecule has 6 nitrogen and oxygen atoms in total. The molecule has 3 rings (SSSR count). The highest BCUT2D eigenvalue weighted by atomic mass is 35.5. The Kier molecular flexibility index (Phi) is 4.31. The summed E-state index contributed by atoms with van der Waals surface area (Å²) in [6, 6.07) is 5.88.